The first-order valence-corrected chi connectivity index (χ1v) is 26.9. The van der Waals surface area contributed by atoms with Gasteiger partial charge in [-0.1, -0.05) is 75.4 Å². The standard InChI is InChI=1S/C59H67N9O6S/c1-37-53(75-36-64-37)40-15-11-38(12-16-40)13-23-51(71)50-34-45(70)35-67(50)57(73)47(58(2,3)4)33-44(69)25-30-74-31-29-62-52(72)24-14-39-8-5-9-41(32-39)48-21-22-49-56(65-48)68(55(66-49)46-10-6-28-63-54(46)60)43-19-17-42(18-20-43)59(61)26-7-27-59/h5-6,8-12,15-22,28,32,36,45,47,50,70H,7,13-14,23-27,29-31,33-35,61H2,1-4H3,(H2,60,63)(H,62,72)/t45-,47-,50+/m1/s1. The molecule has 0 unspecified atom stereocenters. The Kier molecular flexibility index (Phi) is 16.1. The van der Waals surface area contributed by atoms with Crippen LogP contribution in [-0.2, 0) is 42.3 Å². The lowest BCUT2D eigenvalue weighted by Crippen LogP contribution is -2.47. The molecule has 75 heavy (non-hydrogen) atoms. The fraction of sp³-hybridized carbons (Fsp3) is 0.390. The van der Waals surface area contributed by atoms with Crippen LogP contribution < -0.4 is 16.8 Å². The fourth-order valence-corrected chi connectivity index (χ4v) is 11.0. The van der Waals surface area contributed by atoms with E-state index in [0.29, 0.717) is 41.2 Å². The molecule has 2 fully saturated rings. The van der Waals surface area contributed by atoms with Gasteiger partial charge in [0.05, 0.1) is 52.7 Å². The zero-order valence-corrected chi connectivity index (χ0v) is 44.1. The van der Waals surface area contributed by atoms with E-state index in [1.54, 1.807) is 17.5 Å². The average Bonchev–Trinajstić information content (AvgIpc) is 4.13. The van der Waals surface area contributed by atoms with Crippen molar-refractivity contribution in [2.24, 2.45) is 17.1 Å². The summed E-state index contributed by atoms with van der Waals surface area (Å²) in [6.45, 7) is 8.42. The highest BCUT2D eigenvalue weighted by molar-refractivity contribution is 7.13. The lowest BCUT2D eigenvalue weighted by atomic mass is 9.73. The van der Waals surface area contributed by atoms with Crippen LogP contribution in [0, 0.1) is 18.3 Å². The van der Waals surface area contributed by atoms with Crippen LogP contribution in [0.25, 0.3) is 49.9 Å². The maximum Gasteiger partial charge on any atom is 0.227 e. The number of ether oxygens (including phenoxy) is 1. The van der Waals surface area contributed by atoms with E-state index in [2.05, 4.69) is 39.6 Å². The Bertz CT molecular complexity index is 3180. The number of thiazole rings is 1. The third kappa shape index (κ3) is 12.3. The normalized spacial score (nSPS) is 16.7. The van der Waals surface area contributed by atoms with Gasteiger partial charge in [0.1, 0.15) is 17.1 Å². The quantitative estimate of drug-likeness (QED) is 0.0497. The van der Waals surface area contributed by atoms with Gasteiger partial charge in [-0.05, 0) is 109 Å². The van der Waals surface area contributed by atoms with Crippen LogP contribution in [0.4, 0.5) is 5.82 Å². The van der Waals surface area contributed by atoms with Crippen LogP contribution in [0.2, 0.25) is 0 Å². The summed E-state index contributed by atoms with van der Waals surface area (Å²) in [6, 6.07) is 31.3. The number of carbonyl (C=O) groups is 4. The van der Waals surface area contributed by atoms with Crippen molar-refractivity contribution in [1.29, 1.82) is 0 Å². The van der Waals surface area contributed by atoms with E-state index in [4.69, 9.17) is 26.2 Å². The summed E-state index contributed by atoms with van der Waals surface area (Å²) in [7, 11) is 0. The van der Waals surface area contributed by atoms with Gasteiger partial charge in [-0.3, -0.25) is 23.7 Å². The van der Waals surface area contributed by atoms with Crippen molar-refractivity contribution < 1.29 is 29.0 Å². The number of nitrogens with zero attached hydrogens (tertiary/aromatic N) is 6. The van der Waals surface area contributed by atoms with E-state index in [0.717, 1.165) is 69.0 Å². The molecule has 7 aromatic rings. The number of nitrogen functional groups attached to an aromatic ring is 1. The number of Topliss-reactive ketones (excluding diaryl/α,β-unsaturated/α-hetero) is 2. The summed E-state index contributed by atoms with van der Waals surface area (Å²) >= 11 is 1.59. The van der Waals surface area contributed by atoms with Gasteiger partial charge in [-0.2, -0.15) is 0 Å². The highest BCUT2D eigenvalue weighted by Crippen LogP contribution is 2.40. The van der Waals surface area contributed by atoms with Crippen LogP contribution in [0.3, 0.4) is 0 Å². The second-order valence-corrected chi connectivity index (χ2v) is 22.1. The second kappa shape index (κ2) is 22.9. The molecule has 3 atom stereocenters. The van der Waals surface area contributed by atoms with Gasteiger partial charge in [-0.25, -0.2) is 19.9 Å². The lowest BCUT2D eigenvalue weighted by molar-refractivity contribution is -0.146. The fourth-order valence-electron chi connectivity index (χ4n) is 10.2. The molecule has 16 heteroatoms. The first-order valence-electron chi connectivity index (χ1n) is 26.0. The first-order chi connectivity index (χ1) is 36.0. The Labute approximate surface area is 442 Å². The number of amides is 2. The minimum Gasteiger partial charge on any atom is -0.391 e. The number of carbonyl (C=O) groups excluding carboxylic acids is 4. The molecule has 3 aromatic carbocycles. The zero-order valence-electron chi connectivity index (χ0n) is 43.3. The van der Waals surface area contributed by atoms with Crippen LogP contribution in [0.15, 0.2) is 109 Å². The molecular formula is C59H67N9O6S. The number of hydrogen-bond donors (Lipinski definition) is 4. The lowest BCUT2D eigenvalue weighted by Gasteiger charge is -2.38. The Morgan fingerprint density at radius 2 is 1.65 bits per heavy atom. The predicted molar refractivity (Wildman–Crippen MR) is 293 cm³/mol. The van der Waals surface area contributed by atoms with E-state index in [1.807, 2.05) is 111 Å². The highest BCUT2D eigenvalue weighted by atomic mass is 32.1. The summed E-state index contributed by atoms with van der Waals surface area (Å²) in [6.07, 6.45) is 5.70. The summed E-state index contributed by atoms with van der Waals surface area (Å²) < 4.78 is 7.77. The number of ketones is 2. The Morgan fingerprint density at radius 1 is 0.880 bits per heavy atom. The molecule has 1 saturated heterocycles. The van der Waals surface area contributed by atoms with E-state index in [1.165, 1.54) is 4.90 Å². The van der Waals surface area contributed by atoms with Gasteiger partial charge in [0.2, 0.25) is 11.8 Å². The average molecular weight is 1030 g/mol. The molecule has 2 aliphatic rings. The number of pyridine rings is 2. The molecule has 0 spiro atoms. The van der Waals surface area contributed by atoms with Crippen molar-refractivity contribution in [2.75, 3.05) is 32.0 Å². The number of benzene rings is 3. The molecule has 9 rings (SSSR count). The number of anilines is 1. The molecular weight excluding hydrogens is 963 g/mol. The van der Waals surface area contributed by atoms with Crippen LogP contribution in [0.1, 0.15) is 94.5 Å². The van der Waals surface area contributed by atoms with Crippen molar-refractivity contribution >= 4 is 51.7 Å². The molecule has 15 nitrogen and oxygen atoms in total. The minimum absolute atomic E-state index is 0.00867. The monoisotopic (exact) mass is 1030 g/mol. The number of aromatic nitrogens is 5. The number of nitrogens with one attached hydrogen (secondary N) is 1. The smallest absolute Gasteiger partial charge is 0.227 e. The number of hydrogen-bond acceptors (Lipinski definition) is 13. The number of fused-ring (bicyclic) bond motifs is 1. The van der Waals surface area contributed by atoms with Crippen molar-refractivity contribution in [3.8, 4) is 38.8 Å². The van der Waals surface area contributed by atoms with E-state index < -0.39 is 23.5 Å². The SMILES string of the molecule is Cc1ncsc1-c1ccc(CCC(=O)[C@@H]2C[C@@H](O)CN2C(=O)[C@@H](CC(=O)CCOCCNC(=O)CCc2cccc(-c3ccc4nc(-c5cccnc5N)n(-c5ccc(C6(N)CCC6)cc5)c4n3)c2)C(C)(C)C)cc1. The van der Waals surface area contributed by atoms with Gasteiger partial charge in [0.15, 0.2) is 17.3 Å². The number of nitrogens with two attached hydrogens (primary N) is 2. The maximum absolute atomic E-state index is 14.2. The number of aliphatic hydroxyl groups is 1. The number of likely N-dealkylation sites (tertiary alicyclic amines) is 1. The highest BCUT2D eigenvalue weighted by Gasteiger charge is 2.44. The number of rotatable bonds is 21. The Hall–Kier alpha value is -6.98. The zero-order chi connectivity index (χ0) is 52.9. The Morgan fingerprint density at radius 3 is 2.36 bits per heavy atom. The number of β-amino-alcohol motifs (C(OH)–C–C–N with tert-alkyl or cyclic N) is 1. The second-order valence-electron chi connectivity index (χ2n) is 21.2. The van der Waals surface area contributed by atoms with Gasteiger partial charge >= 0.3 is 0 Å². The summed E-state index contributed by atoms with van der Waals surface area (Å²) in [5.74, 6) is -0.328. The van der Waals surface area contributed by atoms with Gasteiger partial charge in [0.25, 0.3) is 0 Å². The topological polar surface area (TPSA) is 222 Å². The van der Waals surface area contributed by atoms with E-state index in [9.17, 15) is 24.3 Å². The summed E-state index contributed by atoms with van der Waals surface area (Å²) in [4.78, 5) is 75.5. The largest absolute Gasteiger partial charge is 0.391 e. The van der Waals surface area contributed by atoms with E-state index >= 15 is 0 Å². The first kappa shape index (κ1) is 52.9. The van der Waals surface area contributed by atoms with Crippen LogP contribution in [-0.4, -0.2) is 96.3 Å². The summed E-state index contributed by atoms with van der Waals surface area (Å²) in [5.41, 5.74) is 23.8. The molecule has 5 heterocycles. The van der Waals surface area contributed by atoms with Gasteiger partial charge in [-0.15, -0.1) is 11.3 Å². The molecule has 1 saturated carbocycles. The van der Waals surface area contributed by atoms with Crippen LogP contribution in [0.5, 0.6) is 0 Å². The molecule has 1 aliphatic heterocycles. The summed E-state index contributed by atoms with van der Waals surface area (Å²) in [5, 5.41) is 13.6. The van der Waals surface area contributed by atoms with Crippen molar-refractivity contribution in [3.05, 3.63) is 131 Å². The van der Waals surface area contributed by atoms with Gasteiger partial charge in [0, 0.05) is 74.1 Å². The maximum atomic E-state index is 14.2. The van der Waals surface area contributed by atoms with Crippen molar-refractivity contribution in [1.82, 2.24) is 34.7 Å². The van der Waals surface area contributed by atoms with Gasteiger partial charge < -0.3 is 31.5 Å². The van der Waals surface area contributed by atoms with E-state index in [-0.39, 0.29) is 87.3 Å². The molecule has 6 N–H and O–H groups in total. The van der Waals surface area contributed by atoms with Crippen LogP contribution >= 0.6 is 11.3 Å². The molecule has 0 bridgehead atoms. The third-order valence-corrected chi connectivity index (χ3v) is 15.8. The van der Waals surface area contributed by atoms with Crippen molar-refractivity contribution in [2.45, 2.75) is 110 Å². The number of imidazole rings is 1. The molecule has 1 aliphatic carbocycles. The number of aryl methyl sites for hydroxylation is 3. The molecule has 0 radical (unpaired) electrons. The molecule has 2 amide bonds. The number of aliphatic hydroxyl groups excluding tert-OH is 1. The molecule has 390 valence electrons. The Balaban J connectivity index is 0.738. The third-order valence-electron chi connectivity index (χ3n) is 14.8. The van der Waals surface area contributed by atoms with Crippen molar-refractivity contribution in [3.63, 3.8) is 0 Å². The molecule has 4 aromatic heterocycles. The minimum atomic E-state index is -0.815. The predicted octanol–water partition coefficient (Wildman–Crippen LogP) is 8.74.